The molecule has 0 radical (unpaired) electrons. The molecular formula is C26H25ClN4O2. The van der Waals surface area contributed by atoms with E-state index in [9.17, 15) is 10.1 Å². The number of ketones is 1. The molecule has 7 heteroatoms. The lowest BCUT2D eigenvalue weighted by Crippen LogP contribution is -2.52. The molecule has 2 aromatic carbocycles. The molecule has 1 aliphatic carbocycles. The van der Waals surface area contributed by atoms with Gasteiger partial charge in [-0.1, -0.05) is 54.1 Å². The van der Waals surface area contributed by atoms with Gasteiger partial charge in [-0.2, -0.15) is 5.26 Å². The first kappa shape index (κ1) is 21.7. The van der Waals surface area contributed by atoms with Crippen LogP contribution in [0.5, 0.6) is 0 Å². The Hall–Kier alpha value is -3.11. The number of rotatable bonds is 3. The van der Waals surface area contributed by atoms with Gasteiger partial charge in [0.25, 0.3) is 0 Å². The third-order valence-electron chi connectivity index (χ3n) is 6.69. The highest BCUT2D eigenvalue weighted by molar-refractivity contribution is 6.30. The molecule has 0 unspecified atom stereocenters. The van der Waals surface area contributed by atoms with Crippen LogP contribution in [0, 0.1) is 11.3 Å². The van der Waals surface area contributed by atoms with Crippen molar-refractivity contribution < 1.29 is 9.53 Å². The van der Waals surface area contributed by atoms with E-state index in [2.05, 4.69) is 23.2 Å². The van der Waals surface area contributed by atoms with E-state index in [1.165, 1.54) is 0 Å². The minimum absolute atomic E-state index is 0.0586. The molecule has 0 saturated carbocycles. The van der Waals surface area contributed by atoms with Crippen LogP contribution in [0.3, 0.4) is 0 Å². The summed E-state index contributed by atoms with van der Waals surface area (Å²) in [5.74, 6) is 0.00949. The van der Waals surface area contributed by atoms with Crippen LogP contribution in [0.25, 0.3) is 0 Å². The number of ether oxygens (including phenoxy) is 1. The van der Waals surface area contributed by atoms with Crippen LogP contribution in [0.2, 0.25) is 5.02 Å². The topological polar surface area (TPSA) is 82.6 Å². The molecule has 2 aliphatic heterocycles. The van der Waals surface area contributed by atoms with Crippen LogP contribution in [0.4, 0.5) is 0 Å². The van der Waals surface area contributed by atoms with Gasteiger partial charge in [0.1, 0.15) is 5.82 Å². The van der Waals surface area contributed by atoms with Crippen LogP contribution in [-0.2, 0) is 9.53 Å². The number of carbonyl (C=O) groups excluding carboxylic acids is 1. The summed E-state index contributed by atoms with van der Waals surface area (Å²) in [4.78, 5) is 13.7. The molecule has 0 aromatic heterocycles. The first-order valence-electron chi connectivity index (χ1n) is 11.2. The Bertz CT molecular complexity index is 1160. The summed E-state index contributed by atoms with van der Waals surface area (Å²) >= 11 is 6.12. The molecule has 2 atom stereocenters. The van der Waals surface area contributed by atoms with Crippen LogP contribution in [-0.4, -0.2) is 42.1 Å². The van der Waals surface area contributed by atoms with Crippen LogP contribution >= 0.6 is 11.6 Å². The number of nitrogens with zero attached hydrogens (tertiary/aromatic N) is 3. The fraction of sp³-hybridized carbons (Fsp3) is 0.308. The lowest BCUT2D eigenvalue weighted by Gasteiger charge is -2.47. The minimum Gasteiger partial charge on any atom is -0.383 e. The standard InChI is InChI=1S/C26H25ClN4O2/c27-20-8-6-18(7-9-20)24-21(16-28)26(29)31(30-10-12-33-13-11-30)22-14-19(15-23(32)25(22)24)17-4-2-1-3-5-17/h1-9,19,24H,10-15,29H2/t19-,24-/m0/s1. The van der Waals surface area contributed by atoms with E-state index in [1.807, 2.05) is 35.3 Å². The van der Waals surface area contributed by atoms with Gasteiger partial charge in [-0.3, -0.25) is 9.80 Å². The minimum atomic E-state index is -0.496. The Kier molecular flexibility index (Phi) is 5.94. The highest BCUT2D eigenvalue weighted by atomic mass is 35.5. The molecule has 0 amide bonds. The van der Waals surface area contributed by atoms with Gasteiger partial charge in [0.15, 0.2) is 5.78 Å². The predicted molar refractivity (Wildman–Crippen MR) is 126 cm³/mol. The zero-order chi connectivity index (χ0) is 22.9. The van der Waals surface area contributed by atoms with Gasteiger partial charge < -0.3 is 10.5 Å². The molecule has 2 N–H and O–H groups in total. The van der Waals surface area contributed by atoms with Crippen LogP contribution in [0.15, 0.2) is 77.3 Å². The highest BCUT2D eigenvalue weighted by Gasteiger charge is 2.44. The molecule has 0 bridgehead atoms. The van der Waals surface area contributed by atoms with E-state index < -0.39 is 5.92 Å². The lowest BCUT2D eigenvalue weighted by molar-refractivity contribution is -0.117. The van der Waals surface area contributed by atoms with E-state index in [-0.39, 0.29) is 11.7 Å². The monoisotopic (exact) mass is 460 g/mol. The number of carbonyl (C=O) groups is 1. The summed E-state index contributed by atoms with van der Waals surface area (Å²) in [5.41, 5.74) is 10.6. The van der Waals surface area contributed by atoms with Gasteiger partial charge in [-0.15, -0.1) is 0 Å². The lowest BCUT2D eigenvalue weighted by atomic mass is 9.72. The maximum absolute atomic E-state index is 13.7. The Morgan fingerprint density at radius 1 is 1.00 bits per heavy atom. The van der Waals surface area contributed by atoms with Crippen molar-refractivity contribution >= 4 is 17.4 Å². The number of benzene rings is 2. The number of Topliss-reactive ketones (excluding diaryl/α,β-unsaturated/α-hetero) is 1. The number of morpholine rings is 1. The van der Waals surface area contributed by atoms with Crippen molar-refractivity contribution in [3.63, 3.8) is 0 Å². The second-order valence-corrected chi connectivity index (χ2v) is 9.01. The third kappa shape index (κ3) is 3.93. The zero-order valence-corrected chi connectivity index (χ0v) is 19.0. The number of nitriles is 1. The molecule has 168 valence electrons. The van der Waals surface area contributed by atoms with Crippen LogP contribution < -0.4 is 5.73 Å². The first-order chi connectivity index (χ1) is 16.1. The molecule has 0 spiro atoms. The van der Waals surface area contributed by atoms with Crippen molar-refractivity contribution in [2.75, 3.05) is 26.3 Å². The zero-order valence-electron chi connectivity index (χ0n) is 18.2. The number of hydrogen-bond acceptors (Lipinski definition) is 6. The Labute approximate surface area is 198 Å². The molecule has 33 heavy (non-hydrogen) atoms. The summed E-state index contributed by atoms with van der Waals surface area (Å²) in [6.45, 7) is 2.44. The van der Waals surface area contributed by atoms with Crippen LogP contribution in [0.1, 0.15) is 35.8 Å². The van der Waals surface area contributed by atoms with Crippen molar-refractivity contribution in [3.8, 4) is 6.07 Å². The molecule has 1 fully saturated rings. The third-order valence-corrected chi connectivity index (χ3v) is 6.94. The smallest absolute Gasteiger partial charge is 0.162 e. The molecule has 1 saturated heterocycles. The van der Waals surface area contributed by atoms with Gasteiger partial charge in [-0.05, 0) is 35.6 Å². The number of hydrogen-bond donors (Lipinski definition) is 1. The van der Waals surface area contributed by atoms with Crippen molar-refractivity contribution in [2.45, 2.75) is 24.7 Å². The van der Waals surface area contributed by atoms with E-state index in [0.29, 0.717) is 61.1 Å². The summed E-state index contributed by atoms with van der Waals surface area (Å²) < 4.78 is 5.54. The normalized spacial score (nSPS) is 24.0. The van der Waals surface area contributed by atoms with Crippen molar-refractivity contribution in [3.05, 3.63) is 93.4 Å². The van der Waals surface area contributed by atoms with E-state index in [4.69, 9.17) is 22.1 Å². The van der Waals surface area contributed by atoms with E-state index in [0.717, 1.165) is 16.8 Å². The summed E-state index contributed by atoms with van der Waals surface area (Å²) in [6, 6.07) is 19.8. The predicted octanol–water partition coefficient (Wildman–Crippen LogP) is 4.08. The fourth-order valence-electron chi connectivity index (χ4n) is 5.14. The van der Waals surface area contributed by atoms with Gasteiger partial charge >= 0.3 is 0 Å². The molecule has 2 aromatic rings. The summed E-state index contributed by atoms with van der Waals surface area (Å²) in [6.07, 6.45) is 1.08. The first-order valence-corrected chi connectivity index (χ1v) is 11.6. The summed E-state index contributed by atoms with van der Waals surface area (Å²) in [5, 5.41) is 14.8. The molecular weight excluding hydrogens is 436 g/mol. The molecule has 3 aliphatic rings. The number of allylic oxidation sites excluding steroid dienone is 3. The maximum Gasteiger partial charge on any atom is 0.162 e. The maximum atomic E-state index is 13.7. The van der Waals surface area contributed by atoms with Crippen molar-refractivity contribution in [2.24, 2.45) is 5.73 Å². The average molecular weight is 461 g/mol. The second-order valence-electron chi connectivity index (χ2n) is 8.57. The number of hydrazine groups is 1. The summed E-state index contributed by atoms with van der Waals surface area (Å²) in [7, 11) is 0. The fourth-order valence-corrected chi connectivity index (χ4v) is 5.26. The Morgan fingerprint density at radius 3 is 2.36 bits per heavy atom. The number of halogens is 1. The average Bonchev–Trinajstić information content (AvgIpc) is 2.85. The molecule has 5 rings (SSSR count). The highest BCUT2D eigenvalue weighted by Crippen LogP contribution is 2.48. The van der Waals surface area contributed by atoms with Gasteiger partial charge in [0.05, 0.1) is 30.8 Å². The van der Waals surface area contributed by atoms with E-state index in [1.54, 1.807) is 12.1 Å². The van der Waals surface area contributed by atoms with Gasteiger partial charge in [0, 0.05) is 35.8 Å². The van der Waals surface area contributed by atoms with Gasteiger partial charge in [-0.25, -0.2) is 5.01 Å². The van der Waals surface area contributed by atoms with Crippen molar-refractivity contribution in [1.82, 2.24) is 10.0 Å². The van der Waals surface area contributed by atoms with E-state index >= 15 is 0 Å². The SMILES string of the molecule is N#CC1=C(N)N(N2CCOCC2)C2=C(C(=O)C[C@@H](c3ccccc3)C2)[C@H]1c1ccc(Cl)cc1. The molecule has 6 nitrogen and oxygen atoms in total. The Morgan fingerprint density at radius 2 is 1.70 bits per heavy atom. The second kappa shape index (κ2) is 9.03. The van der Waals surface area contributed by atoms with Gasteiger partial charge in [0.2, 0.25) is 0 Å². The Balaban J connectivity index is 1.66. The quantitative estimate of drug-likeness (QED) is 0.743. The largest absolute Gasteiger partial charge is 0.383 e. The van der Waals surface area contributed by atoms with Crippen molar-refractivity contribution in [1.29, 1.82) is 5.26 Å². The number of nitrogens with two attached hydrogens (primary N) is 1. The molecule has 2 heterocycles.